The van der Waals surface area contributed by atoms with E-state index in [-0.39, 0.29) is 0 Å². The van der Waals surface area contributed by atoms with Crippen molar-refractivity contribution >= 4 is 16.5 Å². The quantitative estimate of drug-likeness (QED) is 0.600. The molecule has 0 aromatic carbocycles. The summed E-state index contributed by atoms with van der Waals surface area (Å²) in [6, 6.07) is 0. The molecule has 1 aromatic heterocycles. The van der Waals surface area contributed by atoms with Gasteiger partial charge in [-0.15, -0.1) is 11.3 Å². The molecule has 1 heterocycles. The summed E-state index contributed by atoms with van der Waals surface area (Å²) in [5.74, 6) is 0. The van der Waals surface area contributed by atoms with Crippen LogP contribution in [0.4, 0.5) is 5.13 Å². The van der Waals surface area contributed by atoms with E-state index in [1.165, 1.54) is 4.88 Å². The van der Waals surface area contributed by atoms with Crippen LogP contribution in [0.25, 0.3) is 0 Å². The Labute approximate surface area is 132 Å². The predicted octanol–water partition coefficient (Wildman–Crippen LogP) is 2.43. The van der Waals surface area contributed by atoms with Gasteiger partial charge in [0.05, 0.1) is 18.9 Å². The Morgan fingerprint density at radius 1 is 1.10 bits per heavy atom. The van der Waals surface area contributed by atoms with Gasteiger partial charge in [0.15, 0.2) is 5.13 Å². The Morgan fingerprint density at radius 2 is 1.71 bits per heavy atom. The molecular weight excluding hydrogens is 286 g/mol. The number of thiazole rings is 1. The number of aryl methyl sites for hydroxylation is 1. The van der Waals surface area contributed by atoms with Crippen LogP contribution in [0, 0.1) is 0 Å². The molecule has 0 unspecified atom stereocenters. The summed E-state index contributed by atoms with van der Waals surface area (Å²) < 4.78 is 10.9. The summed E-state index contributed by atoms with van der Waals surface area (Å²) in [6.45, 7) is 11.3. The highest BCUT2D eigenvalue weighted by Crippen LogP contribution is 2.27. The van der Waals surface area contributed by atoms with Gasteiger partial charge in [-0.2, -0.15) is 0 Å². The average Bonchev–Trinajstić information content (AvgIpc) is 2.89. The highest BCUT2D eigenvalue weighted by atomic mass is 32.1. The van der Waals surface area contributed by atoms with E-state index in [2.05, 4.69) is 11.8 Å². The zero-order chi connectivity index (χ0) is 15.5. The summed E-state index contributed by atoms with van der Waals surface area (Å²) in [5.41, 5.74) is 6.99. The van der Waals surface area contributed by atoms with E-state index >= 15 is 0 Å². The van der Waals surface area contributed by atoms with Gasteiger partial charge in [0, 0.05) is 37.7 Å². The molecule has 2 N–H and O–H groups in total. The monoisotopic (exact) mass is 315 g/mol. The molecule has 1 rings (SSSR count). The van der Waals surface area contributed by atoms with Crippen LogP contribution in [-0.4, -0.2) is 44.5 Å². The minimum Gasteiger partial charge on any atom is -0.380 e. The van der Waals surface area contributed by atoms with E-state index < -0.39 is 0 Å². The molecule has 6 heteroatoms. The molecule has 122 valence electrons. The molecule has 0 fully saturated rings. The van der Waals surface area contributed by atoms with Crippen molar-refractivity contribution in [2.75, 3.05) is 44.4 Å². The molecule has 0 amide bonds. The molecule has 21 heavy (non-hydrogen) atoms. The Balaban J connectivity index is 2.74. The van der Waals surface area contributed by atoms with Crippen LogP contribution in [0.3, 0.4) is 0 Å². The minimum absolute atomic E-state index is 0.567. The minimum atomic E-state index is 0.567. The van der Waals surface area contributed by atoms with Gasteiger partial charge in [-0.1, -0.05) is 13.3 Å². The van der Waals surface area contributed by atoms with Gasteiger partial charge in [0.1, 0.15) is 0 Å². The first kappa shape index (κ1) is 18.4. The van der Waals surface area contributed by atoms with Crippen LogP contribution in [0.5, 0.6) is 0 Å². The molecule has 0 radical (unpaired) electrons. The van der Waals surface area contributed by atoms with Crippen molar-refractivity contribution in [2.45, 2.75) is 40.2 Å². The molecule has 0 aliphatic carbocycles. The van der Waals surface area contributed by atoms with E-state index in [1.54, 1.807) is 11.3 Å². The third-order valence-corrected chi connectivity index (χ3v) is 4.31. The van der Waals surface area contributed by atoms with Crippen molar-refractivity contribution in [3.8, 4) is 0 Å². The Bertz CT molecular complexity index is 375. The lowest BCUT2D eigenvalue weighted by atomic mass is 10.2. The van der Waals surface area contributed by atoms with Crippen LogP contribution in [0.15, 0.2) is 0 Å². The van der Waals surface area contributed by atoms with E-state index in [4.69, 9.17) is 20.2 Å². The second kappa shape index (κ2) is 11.0. The fourth-order valence-electron chi connectivity index (χ4n) is 2.04. The van der Waals surface area contributed by atoms with E-state index in [1.807, 2.05) is 13.8 Å². The SMILES string of the molecule is CCCc1nc(N(CCOCC)CCOCC)sc1CN. The summed E-state index contributed by atoms with van der Waals surface area (Å²) in [6.07, 6.45) is 2.09. The first-order chi connectivity index (χ1) is 10.3. The number of aromatic nitrogens is 1. The first-order valence-corrected chi connectivity index (χ1v) is 8.67. The van der Waals surface area contributed by atoms with Gasteiger partial charge in [0.2, 0.25) is 0 Å². The Kier molecular flexibility index (Phi) is 9.58. The topological polar surface area (TPSA) is 60.6 Å². The number of ether oxygens (including phenoxy) is 2. The number of hydrogen-bond acceptors (Lipinski definition) is 6. The standard InChI is InChI=1S/C15H29N3O2S/c1-4-7-13-14(12-16)21-15(17-13)18(8-10-19-5-2)9-11-20-6-3/h4-12,16H2,1-3H3. The van der Waals surface area contributed by atoms with Crippen molar-refractivity contribution < 1.29 is 9.47 Å². The van der Waals surface area contributed by atoms with Crippen LogP contribution in [0.1, 0.15) is 37.8 Å². The maximum absolute atomic E-state index is 5.84. The molecule has 0 atom stereocenters. The summed E-state index contributed by atoms with van der Waals surface area (Å²) in [7, 11) is 0. The highest BCUT2D eigenvalue weighted by molar-refractivity contribution is 7.15. The second-order valence-electron chi connectivity index (χ2n) is 4.70. The van der Waals surface area contributed by atoms with E-state index in [0.717, 1.165) is 50.0 Å². The highest BCUT2D eigenvalue weighted by Gasteiger charge is 2.15. The number of hydrogen-bond donors (Lipinski definition) is 1. The molecule has 0 saturated heterocycles. The zero-order valence-corrected chi connectivity index (χ0v) is 14.4. The third kappa shape index (κ3) is 6.30. The molecule has 1 aromatic rings. The fourth-order valence-corrected chi connectivity index (χ4v) is 3.07. The normalized spacial score (nSPS) is 11.0. The van der Waals surface area contributed by atoms with Crippen molar-refractivity contribution in [1.29, 1.82) is 0 Å². The Hall–Kier alpha value is -0.690. The number of rotatable bonds is 12. The smallest absolute Gasteiger partial charge is 0.185 e. The van der Waals surface area contributed by atoms with Gasteiger partial charge in [-0.05, 0) is 20.3 Å². The summed E-state index contributed by atoms with van der Waals surface area (Å²) in [4.78, 5) is 8.23. The Morgan fingerprint density at radius 3 is 2.19 bits per heavy atom. The zero-order valence-electron chi connectivity index (χ0n) is 13.6. The lowest BCUT2D eigenvalue weighted by molar-refractivity contribution is 0.141. The van der Waals surface area contributed by atoms with E-state index in [9.17, 15) is 0 Å². The van der Waals surface area contributed by atoms with Crippen molar-refractivity contribution in [3.05, 3.63) is 10.6 Å². The fraction of sp³-hybridized carbons (Fsp3) is 0.800. The molecule has 5 nitrogen and oxygen atoms in total. The molecule has 0 aliphatic rings. The van der Waals surface area contributed by atoms with Crippen LogP contribution in [-0.2, 0) is 22.4 Å². The third-order valence-electron chi connectivity index (χ3n) is 3.13. The van der Waals surface area contributed by atoms with E-state index in [0.29, 0.717) is 19.8 Å². The molecule has 0 spiro atoms. The van der Waals surface area contributed by atoms with Crippen molar-refractivity contribution in [3.63, 3.8) is 0 Å². The van der Waals surface area contributed by atoms with Crippen LogP contribution >= 0.6 is 11.3 Å². The van der Waals surface area contributed by atoms with Gasteiger partial charge in [-0.25, -0.2) is 4.98 Å². The van der Waals surface area contributed by atoms with Crippen molar-refractivity contribution in [2.24, 2.45) is 5.73 Å². The number of nitrogens with two attached hydrogens (primary N) is 1. The van der Waals surface area contributed by atoms with Gasteiger partial charge >= 0.3 is 0 Å². The maximum Gasteiger partial charge on any atom is 0.185 e. The lowest BCUT2D eigenvalue weighted by Gasteiger charge is -2.21. The average molecular weight is 315 g/mol. The number of anilines is 1. The first-order valence-electron chi connectivity index (χ1n) is 7.85. The predicted molar refractivity (Wildman–Crippen MR) is 89.2 cm³/mol. The molecule has 0 aliphatic heterocycles. The van der Waals surface area contributed by atoms with Crippen molar-refractivity contribution in [1.82, 2.24) is 4.98 Å². The molecular formula is C15H29N3O2S. The molecule has 0 bridgehead atoms. The van der Waals surface area contributed by atoms with Crippen LogP contribution in [0.2, 0.25) is 0 Å². The summed E-state index contributed by atoms with van der Waals surface area (Å²) in [5, 5.41) is 1.04. The maximum atomic E-state index is 5.84. The largest absolute Gasteiger partial charge is 0.380 e. The lowest BCUT2D eigenvalue weighted by Crippen LogP contribution is -2.31. The van der Waals surface area contributed by atoms with Gasteiger partial charge < -0.3 is 20.1 Å². The number of nitrogens with zero attached hydrogens (tertiary/aromatic N) is 2. The molecule has 0 saturated carbocycles. The van der Waals surface area contributed by atoms with Gasteiger partial charge in [0.25, 0.3) is 0 Å². The van der Waals surface area contributed by atoms with Gasteiger partial charge in [-0.3, -0.25) is 0 Å². The van der Waals surface area contributed by atoms with Crippen LogP contribution < -0.4 is 10.6 Å². The second-order valence-corrected chi connectivity index (χ2v) is 5.76. The summed E-state index contributed by atoms with van der Waals surface area (Å²) >= 11 is 1.70.